The highest BCUT2D eigenvalue weighted by Crippen LogP contribution is 2.53. The Labute approximate surface area is 148 Å². The third-order valence-electron chi connectivity index (χ3n) is 5.98. The molecule has 1 aliphatic heterocycles. The number of carbonyl (C=O) groups is 2. The van der Waals surface area contributed by atoms with Gasteiger partial charge in [0, 0.05) is 17.9 Å². The van der Waals surface area contributed by atoms with Crippen molar-refractivity contribution in [2.45, 2.75) is 26.3 Å². The maximum Gasteiger partial charge on any atom is 0.322 e. The minimum Gasteiger partial charge on any atom is -0.468 e. The lowest BCUT2D eigenvalue weighted by Gasteiger charge is -2.43. The van der Waals surface area contributed by atoms with Crippen LogP contribution in [-0.2, 0) is 20.7 Å². The quantitative estimate of drug-likeness (QED) is 0.496. The lowest BCUT2D eigenvalue weighted by atomic mass is 9.57. The van der Waals surface area contributed by atoms with E-state index in [0.717, 1.165) is 11.1 Å². The number of benzene rings is 1. The number of carbonyl (C=O) groups excluding carboxylic acids is 2. The van der Waals surface area contributed by atoms with Gasteiger partial charge in [-0.25, -0.2) is 0 Å². The fourth-order valence-corrected chi connectivity index (χ4v) is 4.68. The van der Waals surface area contributed by atoms with Crippen LogP contribution in [0.3, 0.4) is 0 Å². The highest BCUT2D eigenvalue weighted by Gasteiger charge is 2.67. The highest BCUT2D eigenvalue weighted by atomic mass is 16.5. The van der Waals surface area contributed by atoms with Crippen molar-refractivity contribution < 1.29 is 19.4 Å². The van der Waals surface area contributed by atoms with Crippen LogP contribution in [0, 0.1) is 23.2 Å². The van der Waals surface area contributed by atoms with Crippen molar-refractivity contribution in [2.75, 3.05) is 13.7 Å². The van der Waals surface area contributed by atoms with E-state index in [4.69, 9.17) is 4.74 Å². The SMILES string of the molecule is COC(=O)[C@]12C(=O)N[C@@H](Cc3ccccc3)[C@H]1[C@@H](C)C(C)=C[C@H]2CO. The fourth-order valence-electron chi connectivity index (χ4n) is 4.68. The second kappa shape index (κ2) is 6.64. The van der Waals surface area contributed by atoms with Gasteiger partial charge in [-0.3, -0.25) is 9.59 Å². The van der Waals surface area contributed by atoms with E-state index in [2.05, 4.69) is 5.32 Å². The lowest BCUT2D eigenvalue weighted by Crippen LogP contribution is -2.54. The molecule has 1 fully saturated rings. The maximum atomic E-state index is 13.0. The number of aliphatic hydroxyl groups excluding tert-OH is 1. The molecule has 2 aliphatic rings. The van der Waals surface area contributed by atoms with Crippen molar-refractivity contribution >= 4 is 11.9 Å². The van der Waals surface area contributed by atoms with Gasteiger partial charge >= 0.3 is 5.97 Å². The number of nitrogens with one attached hydrogen (secondary N) is 1. The summed E-state index contributed by atoms with van der Waals surface area (Å²) < 4.78 is 5.04. The molecule has 0 bridgehead atoms. The van der Waals surface area contributed by atoms with Gasteiger partial charge in [-0.05, 0) is 24.8 Å². The predicted molar refractivity (Wildman–Crippen MR) is 93.5 cm³/mol. The number of amides is 1. The molecule has 0 unspecified atom stereocenters. The third kappa shape index (κ3) is 2.58. The molecule has 1 amide bonds. The van der Waals surface area contributed by atoms with Gasteiger partial charge in [-0.15, -0.1) is 0 Å². The van der Waals surface area contributed by atoms with Crippen molar-refractivity contribution in [2.24, 2.45) is 23.2 Å². The first kappa shape index (κ1) is 17.7. The van der Waals surface area contributed by atoms with Crippen molar-refractivity contribution in [3.05, 3.63) is 47.5 Å². The summed E-state index contributed by atoms with van der Waals surface area (Å²) >= 11 is 0. The van der Waals surface area contributed by atoms with Gasteiger partial charge in [0.1, 0.15) is 0 Å². The Morgan fingerprint density at radius 3 is 2.60 bits per heavy atom. The molecule has 1 aromatic rings. The smallest absolute Gasteiger partial charge is 0.322 e. The first-order valence-electron chi connectivity index (χ1n) is 8.69. The van der Waals surface area contributed by atoms with E-state index in [-0.39, 0.29) is 30.4 Å². The summed E-state index contributed by atoms with van der Waals surface area (Å²) in [7, 11) is 1.30. The van der Waals surface area contributed by atoms with Gasteiger partial charge in [0.05, 0.1) is 13.7 Å². The average Bonchev–Trinajstić information content (AvgIpc) is 2.91. The molecule has 5 nitrogen and oxygen atoms in total. The summed E-state index contributed by atoms with van der Waals surface area (Å²) in [4.78, 5) is 25.8. The number of ether oxygens (including phenoxy) is 1. The molecular formula is C20H25NO4. The Hall–Kier alpha value is -2.14. The average molecular weight is 343 g/mol. The molecule has 3 rings (SSSR count). The predicted octanol–water partition coefficient (Wildman–Crippen LogP) is 1.71. The van der Waals surface area contributed by atoms with Crippen LogP contribution in [0.4, 0.5) is 0 Å². The minimum atomic E-state index is -1.36. The number of hydrogen-bond acceptors (Lipinski definition) is 4. The zero-order valence-electron chi connectivity index (χ0n) is 14.9. The zero-order valence-corrected chi connectivity index (χ0v) is 14.9. The van der Waals surface area contributed by atoms with E-state index in [1.54, 1.807) is 0 Å². The molecule has 5 atom stereocenters. The summed E-state index contributed by atoms with van der Waals surface area (Å²) in [5, 5.41) is 12.9. The van der Waals surface area contributed by atoms with Crippen LogP contribution in [0.1, 0.15) is 19.4 Å². The molecule has 1 aromatic carbocycles. The van der Waals surface area contributed by atoms with Crippen LogP contribution >= 0.6 is 0 Å². The van der Waals surface area contributed by atoms with E-state index in [1.807, 2.05) is 50.3 Å². The van der Waals surface area contributed by atoms with E-state index < -0.39 is 17.3 Å². The number of esters is 1. The molecule has 2 N–H and O–H groups in total. The van der Waals surface area contributed by atoms with Crippen LogP contribution in [0.2, 0.25) is 0 Å². The van der Waals surface area contributed by atoms with Gasteiger partial charge < -0.3 is 15.2 Å². The zero-order chi connectivity index (χ0) is 18.2. The summed E-state index contributed by atoms with van der Waals surface area (Å²) in [6.45, 7) is 3.78. The Bertz CT molecular complexity index is 699. The molecule has 0 radical (unpaired) electrons. The molecule has 0 spiro atoms. The van der Waals surface area contributed by atoms with E-state index >= 15 is 0 Å². The van der Waals surface area contributed by atoms with Gasteiger partial charge in [-0.2, -0.15) is 0 Å². The Morgan fingerprint density at radius 2 is 2.00 bits per heavy atom. The molecule has 134 valence electrons. The Kier molecular flexibility index (Phi) is 4.69. The van der Waals surface area contributed by atoms with Crippen LogP contribution in [0.25, 0.3) is 0 Å². The van der Waals surface area contributed by atoms with E-state index in [9.17, 15) is 14.7 Å². The normalized spacial score (nSPS) is 34.1. The first-order chi connectivity index (χ1) is 12.0. The largest absolute Gasteiger partial charge is 0.468 e. The summed E-state index contributed by atoms with van der Waals surface area (Å²) in [5.74, 6) is -1.67. The standard InChI is InChI=1S/C20H25NO4/c1-12-9-15(11-22)20(19(24)25-3)17(13(12)2)16(21-18(20)23)10-14-7-5-4-6-8-14/h4-9,13,15-17,22H,10-11H2,1-3H3,(H,21,23)/t13-,15-,16-,17+,20-/m0/s1. The van der Waals surface area contributed by atoms with Gasteiger partial charge in [0.25, 0.3) is 0 Å². The van der Waals surface area contributed by atoms with Crippen LogP contribution < -0.4 is 5.32 Å². The maximum absolute atomic E-state index is 13.0. The van der Waals surface area contributed by atoms with Crippen molar-refractivity contribution in [3.8, 4) is 0 Å². The highest BCUT2D eigenvalue weighted by molar-refractivity contribution is 6.06. The summed E-state index contributed by atoms with van der Waals surface area (Å²) in [5.41, 5.74) is 0.841. The second-order valence-electron chi connectivity index (χ2n) is 7.14. The Balaban J connectivity index is 2.07. The molecule has 0 aromatic heterocycles. The second-order valence-corrected chi connectivity index (χ2v) is 7.14. The molecular weight excluding hydrogens is 318 g/mol. The Morgan fingerprint density at radius 1 is 1.32 bits per heavy atom. The number of methoxy groups -OCH3 is 1. The van der Waals surface area contributed by atoms with Gasteiger partial charge in [0.15, 0.2) is 5.41 Å². The number of hydrogen-bond donors (Lipinski definition) is 2. The summed E-state index contributed by atoms with van der Waals surface area (Å²) in [6.07, 6.45) is 2.51. The van der Waals surface area contributed by atoms with Gasteiger partial charge in [-0.1, -0.05) is 48.9 Å². The van der Waals surface area contributed by atoms with Crippen LogP contribution in [0.15, 0.2) is 42.0 Å². The molecule has 1 saturated heterocycles. The fraction of sp³-hybridized carbons (Fsp3) is 0.500. The number of fused-ring (bicyclic) bond motifs is 1. The number of aliphatic hydroxyl groups is 1. The van der Waals surface area contributed by atoms with Crippen molar-refractivity contribution in [1.29, 1.82) is 0 Å². The lowest BCUT2D eigenvalue weighted by molar-refractivity contribution is -0.166. The minimum absolute atomic E-state index is 0.0366. The van der Waals surface area contributed by atoms with Gasteiger partial charge in [0.2, 0.25) is 5.91 Å². The molecule has 1 heterocycles. The first-order valence-corrected chi connectivity index (χ1v) is 8.69. The molecule has 25 heavy (non-hydrogen) atoms. The van der Waals surface area contributed by atoms with E-state index in [1.165, 1.54) is 7.11 Å². The molecule has 0 saturated carbocycles. The van der Waals surface area contributed by atoms with Crippen LogP contribution in [-0.4, -0.2) is 36.7 Å². The number of rotatable bonds is 4. The summed E-state index contributed by atoms with van der Waals surface area (Å²) in [6, 6.07) is 9.74. The molecule has 1 aliphatic carbocycles. The third-order valence-corrected chi connectivity index (χ3v) is 5.98. The topological polar surface area (TPSA) is 75.6 Å². The van der Waals surface area contributed by atoms with Crippen LogP contribution in [0.5, 0.6) is 0 Å². The molecule has 5 heteroatoms. The van der Waals surface area contributed by atoms with Crippen molar-refractivity contribution in [3.63, 3.8) is 0 Å². The van der Waals surface area contributed by atoms with Crippen molar-refractivity contribution in [1.82, 2.24) is 5.32 Å². The number of allylic oxidation sites excluding steroid dienone is 1. The van der Waals surface area contributed by atoms with E-state index in [0.29, 0.717) is 6.42 Å². The monoisotopic (exact) mass is 343 g/mol.